The van der Waals surface area contributed by atoms with Crippen molar-refractivity contribution in [3.8, 4) is 11.5 Å². The minimum Gasteiger partial charge on any atom is -0.508 e. The molecule has 2 aliphatic heterocycles. The van der Waals surface area contributed by atoms with Crippen LogP contribution in [0.5, 0.6) is 11.5 Å². The summed E-state index contributed by atoms with van der Waals surface area (Å²) < 4.78 is 0. The molecule has 1 saturated heterocycles. The number of nitrogens with zero attached hydrogens (tertiary/aromatic N) is 5. The number of primary amides is 1. The number of amides is 15. The Morgan fingerprint density at radius 1 is 0.504 bits per heavy atom. The van der Waals surface area contributed by atoms with E-state index in [-0.39, 0.29) is 74.5 Å². The maximum absolute atomic E-state index is 15.7. The highest BCUT2D eigenvalue weighted by molar-refractivity contribution is 8.00. The van der Waals surface area contributed by atoms with Crippen molar-refractivity contribution in [2.45, 2.75) is 172 Å². The van der Waals surface area contributed by atoms with Gasteiger partial charge in [-0.2, -0.15) is 0 Å². The number of para-hydroxylation sites is 1. The van der Waals surface area contributed by atoms with Gasteiger partial charge in [-0.3, -0.25) is 76.7 Å². The van der Waals surface area contributed by atoms with Gasteiger partial charge in [0.05, 0.1) is 31.0 Å². The number of H-pyrrole nitrogens is 2. The fraction of sp³-hybridized carbons (Fsp3) is 0.404. The van der Waals surface area contributed by atoms with E-state index in [0.29, 0.717) is 68.0 Å². The van der Waals surface area contributed by atoms with E-state index in [1.165, 1.54) is 80.5 Å². The van der Waals surface area contributed by atoms with Crippen LogP contribution in [0, 0.1) is 11.8 Å². The van der Waals surface area contributed by atoms with E-state index < -0.39 is 205 Å². The summed E-state index contributed by atoms with van der Waals surface area (Å²) in [4.78, 5) is 248. The van der Waals surface area contributed by atoms with Crippen molar-refractivity contribution in [2.75, 3.05) is 64.2 Å². The van der Waals surface area contributed by atoms with Gasteiger partial charge in [-0.05, 0) is 94.5 Å². The molecule has 2 aliphatic rings. The van der Waals surface area contributed by atoms with Gasteiger partial charge in [0.1, 0.15) is 84.5 Å². The maximum Gasteiger partial charge on any atom is 0.305 e. The Morgan fingerprint density at radius 3 is 1.72 bits per heavy atom. The number of nitrogens with one attached hydrogen (secondary N) is 11. The van der Waals surface area contributed by atoms with Crippen LogP contribution in [0.25, 0.3) is 21.8 Å². The third-order valence-corrected chi connectivity index (χ3v) is 24.1. The molecule has 36 nitrogen and oxygen atoms in total. The molecule has 15 amide bonds. The van der Waals surface area contributed by atoms with Crippen LogP contribution < -0.4 is 58.5 Å². The Labute approximate surface area is 761 Å². The summed E-state index contributed by atoms with van der Waals surface area (Å²) in [6, 6.07) is 24.0. The number of hydrogen-bond donors (Lipinski definition) is 15. The molecule has 0 spiro atoms. The lowest BCUT2D eigenvalue weighted by atomic mass is 9.95. The van der Waals surface area contributed by atoms with Gasteiger partial charge in [-0.15, -0.1) is 11.8 Å². The number of thioether (sulfide) groups is 1. The monoisotopic (exact) mass is 1820 g/mol. The van der Waals surface area contributed by atoms with Crippen molar-refractivity contribution in [1.29, 1.82) is 0 Å². The summed E-state index contributed by atoms with van der Waals surface area (Å²) in [6.07, 6.45) is 1.74. The van der Waals surface area contributed by atoms with Gasteiger partial charge >= 0.3 is 5.97 Å². The van der Waals surface area contributed by atoms with Crippen LogP contribution in [-0.4, -0.2) is 265 Å². The highest BCUT2D eigenvalue weighted by atomic mass is 32.2. The molecule has 10 rings (SSSR count). The number of nitrogens with two attached hydrogens (primary N) is 1. The molecule has 0 radical (unpaired) electrons. The molecular weight excluding hydrogens is 1700 g/mol. The number of likely N-dealkylation sites (N-methyl/N-ethyl adjacent to an activating group) is 4. The summed E-state index contributed by atoms with van der Waals surface area (Å²) in [5, 5.41) is 57.1. The molecule has 131 heavy (non-hydrogen) atoms. The predicted octanol–water partition coefficient (Wildman–Crippen LogP) is 2.70. The number of carboxylic acids is 1. The molecule has 6 aromatic carbocycles. The van der Waals surface area contributed by atoms with Gasteiger partial charge in [-0.25, -0.2) is 0 Å². The lowest BCUT2D eigenvalue weighted by Gasteiger charge is -2.37. The number of fused-ring (bicyclic) bond motifs is 6. The first-order valence-corrected chi connectivity index (χ1v) is 44.5. The van der Waals surface area contributed by atoms with Gasteiger partial charge in [0.2, 0.25) is 88.6 Å². The van der Waals surface area contributed by atoms with E-state index in [0.717, 1.165) is 26.5 Å². The number of aromatic nitrogens is 2. The van der Waals surface area contributed by atoms with Crippen molar-refractivity contribution in [3.63, 3.8) is 0 Å². The summed E-state index contributed by atoms with van der Waals surface area (Å²) in [5.41, 5.74) is 9.78. The van der Waals surface area contributed by atoms with Crippen LogP contribution >= 0.6 is 11.8 Å². The first-order chi connectivity index (χ1) is 62.4. The van der Waals surface area contributed by atoms with Crippen molar-refractivity contribution in [3.05, 3.63) is 197 Å². The van der Waals surface area contributed by atoms with E-state index in [9.17, 15) is 44.1 Å². The van der Waals surface area contributed by atoms with E-state index in [1.54, 1.807) is 143 Å². The summed E-state index contributed by atoms with van der Waals surface area (Å²) in [7, 11) is 5.29. The Balaban J connectivity index is 1.04. The van der Waals surface area contributed by atoms with E-state index >= 15 is 47.9 Å². The number of aromatic hydroxyl groups is 2. The number of phenolic OH excluding ortho intramolecular Hbond substituents is 2. The fourth-order valence-corrected chi connectivity index (χ4v) is 16.9. The van der Waals surface area contributed by atoms with Crippen LogP contribution in [0.3, 0.4) is 0 Å². The largest absolute Gasteiger partial charge is 0.508 e. The number of rotatable bonds is 21. The Bertz CT molecular complexity index is 5480. The zero-order chi connectivity index (χ0) is 95.0. The molecule has 2 bridgehead atoms. The van der Waals surface area contributed by atoms with Crippen molar-refractivity contribution in [2.24, 2.45) is 17.6 Å². The second kappa shape index (κ2) is 46.2. The summed E-state index contributed by atoms with van der Waals surface area (Å²) in [5.74, 6) is -17.8. The molecule has 2 aromatic heterocycles. The first kappa shape index (κ1) is 99.0. The smallest absolute Gasteiger partial charge is 0.305 e. The minimum atomic E-state index is -1.91. The van der Waals surface area contributed by atoms with Gasteiger partial charge in [0.15, 0.2) is 0 Å². The standard InChI is InChI=1S/C94H115N17O19S/c1-10-11-29-74-92(128)107(6)49-79(115)100-70(46-82(118)119)88(124)106-83(54(4)5)94(130)109(8)76(40-55-21-14-12-15-22-55)89(125)104-72-43-59-32-35-62(113)45-75(59)111(91(72)127)50-80(116)99-69(44-60-47-97-66-27-19-18-26-63(60)66)87(123)103-68(39-57-30-33-61(112)34-31-57)86(122)102-67(38-53(2)3)85(121)105-73(84(120)98-48-78(95)114)51-131-52-81(117)101-71(42-58-25-20-28-65-64(58)36-37-96-65)90(126)110(9)77(93(129)108(74)7)41-56-23-16-13-17-24-56/h12-28,30-37,45,47,53-54,67-74,76-77,83,96-97,112-113H,10-11,29,38-44,46,48-52H2,1-9H3,(H2,95,114)(H,98,120)(H,99,116)(H,100,115)(H,101,117)(H,102,122)(H,103,123)(H,104,125)(H,105,121)(H,106,124)(H,118,119)/t67-,68-,69-,70-,71-,72?,73-,74-,76?,77-,83-/m0/s1. The quantitative estimate of drug-likeness (QED) is 0.0492. The number of hydrogen-bond acceptors (Lipinski definition) is 19. The van der Waals surface area contributed by atoms with Crippen molar-refractivity contribution < 1.29 is 92.0 Å². The summed E-state index contributed by atoms with van der Waals surface area (Å²) in [6.45, 7) is 6.08. The molecule has 11 atom stereocenters. The van der Waals surface area contributed by atoms with Crippen molar-refractivity contribution >= 4 is 134 Å². The molecule has 0 aliphatic carbocycles. The van der Waals surface area contributed by atoms with Crippen molar-refractivity contribution in [1.82, 2.24) is 77.4 Å². The molecule has 1 fully saturated rings. The molecular formula is C94H115N17O19S. The van der Waals surface area contributed by atoms with Gasteiger partial charge in [0.25, 0.3) is 0 Å². The topological polar surface area (TPSA) is 516 Å². The molecule has 16 N–H and O–H groups in total. The number of unbranched alkanes of at least 4 members (excludes halogenated alkanes) is 1. The molecule has 8 aromatic rings. The number of carbonyl (C=O) groups is 16. The van der Waals surface area contributed by atoms with Gasteiger partial charge < -0.3 is 103 Å². The third kappa shape index (κ3) is 27.0. The first-order valence-electron chi connectivity index (χ1n) is 43.3. The highest BCUT2D eigenvalue weighted by Crippen LogP contribution is 2.33. The maximum atomic E-state index is 15.7. The molecule has 696 valence electrons. The molecule has 2 unspecified atom stereocenters. The molecule has 37 heteroatoms. The van der Waals surface area contributed by atoms with Crippen LogP contribution in [-0.2, 0) is 115 Å². The normalized spacial score (nSPS) is 22.1. The Kier molecular flexibility index (Phi) is 34.9. The average Bonchev–Trinajstić information content (AvgIpc) is 1.55. The predicted molar refractivity (Wildman–Crippen MR) is 489 cm³/mol. The SMILES string of the molecule is CCCC[C@H]1C(=O)N(C)CC(=O)N[C@@H](CC(=O)O)C(=O)N[C@@H](C(C)C)C(=O)N(C)C(Cc2ccccc2)C(=O)NC2Cc3ccc(O)cc3N(CC(=O)N[C@@H](Cc3c[nH]c4ccccc34)C(=O)N[C@@H](Cc3ccc(O)cc3)C(=O)N[C@@H](CC(C)C)C(=O)N[C@H](C(=O)NCC(N)=O)CSCC(=O)N[C@@H](Cc3cccc4[nH]ccc34)C(=O)N(C)[C@@H](Cc3ccccc3)C(=O)N1C)C2=O. The zero-order valence-electron chi connectivity index (χ0n) is 74.5. The number of aromatic amines is 2. The van der Waals surface area contributed by atoms with Crippen LogP contribution in [0.1, 0.15) is 100 Å². The lowest BCUT2D eigenvalue weighted by Crippen LogP contribution is -2.62. The third-order valence-electron chi connectivity index (χ3n) is 23.1. The number of phenols is 2. The number of aliphatic carboxylic acids is 1. The molecule has 0 saturated carbocycles. The number of benzene rings is 6. The fourth-order valence-electron chi connectivity index (χ4n) is 16.0. The number of carboxylic acid groups (broad SMARTS) is 1. The molecule has 4 heterocycles. The number of carbonyl (C=O) groups excluding carboxylic acids is 15. The number of anilines is 1. The summed E-state index contributed by atoms with van der Waals surface area (Å²) >= 11 is 0.826. The average molecular weight is 1820 g/mol. The van der Waals surface area contributed by atoms with Gasteiger partial charge in [-0.1, -0.05) is 157 Å². The van der Waals surface area contributed by atoms with Crippen LogP contribution in [0.4, 0.5) is 5.69 Å². The van der Waals surface area contributed by atoms with Crippen LogP contribution in [0.2, 0.25) is 0 Å². The Morgan fingerprint density at radius 2 is 1.06 bits per heavy atom. The van der Waals surface area contributed by atoms with Crippen LogP contribution in [0.15, 0.2) is 164 Å². The highest BCUT2D eigenvalue weighted by Gasteiger charge is 2.44. The van der Waals surface area contributed by atoms with E-state index in [2.05, 4.69) is 57.8 Å². The Hall–Kier alpha value is -14.1. The van der Waals surface area contributed by atoms with E-state index in [4.69, 9.17) is 5.73 Å². The van der Waals surface area contributed by atoms with E-state index in [1.807, 2.05) is 13.0 Å². The van der Waals surface area contributed by atoms with Gasteiger partial charge in [0, 0.05) is 113 Å². The second-order valence-corrected chi connectivity index (χ2v) is 34.8. The lowest BCUT2D eigenvalue weighted by molar-refractivity contribution is -0.151. The second-order valence-electron chi connectivity index (χ2n) is 33.8. The minimum absolute atomic E-state index is 0.0247. The zero-order valence-corrected chi connectivity index (χ0v) is 75.3.